The summed E-state index contributed by atoms with van der Waals surface area (Å²) in [5.41, 5.74) is -5.94. The molecular formula is C3H4F3O6S3-. The Labute approximate surface area is 85.6 Å². The van der Waals surface area contributed by atoms with E-state index in [1.807, 2.05) is 0 Å². The number of rotatable bonds is 3. The highest BCUT2D eigenvalue weighted by molar-refractivity contribution is 8.21. The molecule has 0 fully saturated rings. The third kappa shape index (κ3) is 3.12. The van der Waals surface area contributed by atoms with Gasteiger partial charge in [-0.1, -0.05) is 0 Å². The van der Waals surface area contributed by atoms with Crippen LogP contribution in [0.15, 0.2) is 0 Å². The van der Waals surface area contributed by atoms with Crippen LogP contribution in [0.4, 0.5) is 13.2 Å². The molecule has 15 heavy (non-hydrogen) atoms. The third-order valence-electron chi connectivity index (χ3n) is 1.08. The standard InChI is InChI=1S/C3H5F3O6S3/c1-14(9,10)2(13(7)8)15(11,12)3(4,5)6/h2H,1H3,(H,7,8)/p-1. The summed E-state index contributed by atoms with van der Waals surface area (Å²) in [5.74, 6) is 0. The summed E-state index contributed by atoms with van der Waals surface area (Å²) in [6.45, 7) is 0. The number of hydrogen-bond acceptors (Lipinski definition) is 6. The van der Waals surface area contributed by atoms with Crippen LogP contribution in [0.2, 0.25) is 0 Å². The van der Waals surface area contributed by atoms with Gasteiger partial charge in [0.1, 0.15) is 0 Å². The molecular weight excluding hydrogens is 285 g/mol. The lowest BCUT2D eigenvalue weighted by molar-refractivity contribution is -0.0434. The van der Waals surface area contributed by atoms with Crippen molar-refractivity contribution < 1.29 is 38.8 Å². The van der Waals surface area contributed by atoms with E-state index in [1.165, 1.54) is 0 Å². The normalized spacial score (nSPS) is 18.5. The average molecular weight is 289 g/mol. The molecule has 0 aromatic heterocycles. The van der Waals surface area contributed by atoms with Crippen LogP contribution in [0.25, 0.3) is 0 Å². The Kier molecular flexibility index (Phi) is 3.94. The summed E-state index contributed by atoms with van der Waals surface area (Å²) in [5, 5.41) is 0. The minimum atomic E-state index is -6.30. The highest BCUT2D eigenvalue weighted by atomic mass is 32.3. The minimum absolute atomic E-state index is 0.0801. The first-order valence-corrected chi connectivity index (χ1v) is 7.53. The maximum absolute atomic E-state index is 11.8. The van der Waals surface area contributed by atoms with Crippen LogP contribution in [0.1, 0.15) is 0 Å². The molecule has 0 heterocycles. The van der Waals surface area contributed by atoms with Crippen molar-refractivity contribution in [3.05, 3.63) is 0 Å². The van der Waals surface area contributed by atoms with Gasteiger partial charge in [-0.15, -0.1) is 0 Å². The van der Waals surface area contributed by atoms with E-state index in [0.29, 0.717) is 0 Å². The van der Waals surface area contributed by atoms with Crippen LogP contribution in [-0.2, 0) is 30.8 Å². The van der Waals surface area contributed by atoms with Crippen molar-refractivity contribution in [2.75, 3.05) is 6.26 Å². The quantitative estimate of drug-likeness (QED) is 0.625. The number of sulfone groups is 2. The molecule has 12 heteroatoms. The Morgan fingerprint density at radius 2 is 1.53 bits per heavy atom. The first-order chi connectivity index (χ1) is 6.32. The number of halogens is 3. The fourth-order valence-corrected chi connectivity index (χ4v) is 5.27. The minimum Gasteiger partial charge on any atom is -0.771 e. The molecule has 0 saturated carbocycles. The van der Waals surface area contributed by atoms with Gasteiger partial charge in [-0.2, -0.15) is 13.2 Å². The Balaban J connectivity index is 5.85. The Bertz CT molecular complexity index is 458. The average Bonchev–Trinajstić information content (AvgIpc) is 1.76. The first kappa shape index (κ1) is 14.8. The second-order valence-corrected chi connectivity index (χ2v) is 8.41. The zero-order valence-corrected chi connectivity index (χ0v) is 9.33. The molecule has 2 unspecified atom stereocenters. The van der Waals surface area contributed by atoms with Gasteiger partial charge in [0.25, 0.3) is 9.84 Å². The smallest absolute Gasteiger partial charge is 0.499 e. The van der Waals surface area contributed by atoms with Gasteiger partial charge in [0.15, 0.2) is 9.84 Å². The monoisotopic (exact) mass is 289 g/mol. The molecule has 92 valence electrons. The summed E-state index contributed by atoms with van der Waals surface area (Å²) in [6.07, 6.45) is 0.0801. The second-order valence-electron chi connectivity index (χ2n) is 2.37. The SMILES string of the molecule is CS(=O)(=O)C(S(=O)[O-])S(=O)(=O)C(F)(F)F. The fraction of sp³-hybridized carbons (Fsp3) is 1.00. The van der Waals surface area contributed by atoms with Crippen molar-refractivity contribution in [3.8, 4) is 0 Å². The van der Waals surface area contributed by atoms with Crippen molar-refractivity contribution in [2.24, 2.45) is 0 Å². The second kappa shape index (κ2) is 3.99. The largest absolute Gasteiger partial charge is 0.771 e. The Morgan fingerprint density at radius 1 is 1.20 bits per heavy atom. The lowest BCUT2D eigenvalue weighted by Gasteiger charge is -2.19. The van der Waals surface area contributed by atoms with E-state index in [4.69, 9.17) is 0 Å². The predicted octanol–water partition coefficient (Wildman–Crippen LogP) is -0.872. The molecule has 0 amide bonds. The lowest BCUT2D eigenvalue weighted by Crippen LogP contribution is -2.41. The topological polar surface area (TPSA) is 108 Å². The van der Waals surface area contributed by atoms with Crippen LogP contribution in [0.3, 0.4) is 0 Å². The molecule has 0 aromatic carbocycles. The Morgan fingerprint density at radius 3 is 1.60 bits per heavy atom. The first-order valence-electron chi connectivity index (χ1n) is 2.89. The van der Waals surface area contributed by atoms with Crippen molar-refractivity contribution in [1.29, 1.82) is 0 Å². The summed E-state index contributed by atoms with van der Waals surface area (Å²) in [4.78, 5) is 0. The predicted molar refractivity (Wildman–Crippen MR) is 42.5 cm³/mol. The molecule has 0 radical (unpaired) electrons. The van der Waals surface area contributed by atoms with Crippen LogP contribution >= 0.6 is 0 Å². The van der Waals surface area contributed by atoms with Crippen molar-refractivity contribution in [2.45, 2.75) is 9.42 Å². The summed E-state index contributed by atoms with van der Waals surface area (Å²) in [7, 11) is -11.2. The zero-order chi connectivity index (χ0) is 12.7. The van der Waals surface area contributed by atoms with E-state index in [0.717, 1.165) is 0 Å². The Hall–Kier alpha value is -0.200. The van der Waals surface area contributed by atoms with Crippen LogP contribution in [0, 0.1) is 0 Å². The highest BCUT2D eigenvalue weighted by Gasteiger charge is 2.55. The van der Waals surface area contributed by atoms with E-state index >= 15 is 0 Å². The third-order valence-corrected chi connectivity index (χ3v) is 7.81. The van der Waals surface area contributed by atoms with Gasteiger partial charge in [-0.05, 0) is 11.1 Å². The van der Waals surface area contributed by atoms with E-state index in [1.54, 1.807) is 0 Å². The zero-order valence-electron chi connectivity index (χ0n) is 6.89. The number of hydrogen-bond donors (Lipinski definition) is 0. The van der Waals surface area contributed by atoms with Gasteiger partial charge in [0, 0.05) is 6.26 Å². The lowest BCUT2D eigenvalue weighted by atomic mass is 11.6. The van der Waals surface area contributed by atoms with Crippen molar-refractivity contribution in [3.63, 3.8) is 0 Å². The molecule has 0 saturated heterocycles. The van der Waals surface area contributed by atoms with Gasteiger partial charge in [0.05, 0.1) is 0 Å². The van der Waals surface area contributed by atoms with E-state index in [9.17, 15) is 38.8 Å². The molecule has 0 aliphatic carbocycles. The summed E-state index contributed by atoms with van der Waals surface area (Å²) < 4.78 is 94.7. The fourth-order valence-electron chi connectivity index (χ4n) is 0.585. The van der Waals surface area contributed by atoms with E-state index in [-0.39, 0.29) is 6.26 Å². The van der Waals surface area contributed by atoms with Crippen LogP contribution in [-0.4, -0.2) is 41.3 Å². The molecule has 0 aliphatic heterocycles. The van der Waals surface area contributed by atoms with Crippen LogP contribution in [0.5, 0.6) is 0 Å². The maximum Gasteiger partial charge on any atom is 0.499 e. The molecule has 0 bridgehead atoms. The van der Waals surface area contributed by atoms with Gasteiger partial charge in [-0.25, -0.2) is 16.8 Å². The molecule has 0 rings (SSSR count). The summed E-state index contributed by atoms with van der Waals surface area (Å²) in [6, 6.07) is 0. The molecule has 0 spiro atoms. The van der Waals surface area contributed by atoms with Crippen LogP contribution < -0.4 is 0 Å². The molecule has 0 N–H and O–H groups in total. The number of alkyl halides is 3. The van der Waals surface area contributed by atoms with E-state index < -0.39 is 40.2 Å². The van der Waals surface area contributed by atoms with Gasteiger partial charge >= 0.3 is 5.51 Å². The van der Waals surface area contributed by atoms with Crippen molar-refractivity contribution >= 4 is 30.8 Å². The van der Waals surface area contributed by atoms with Gasteiger partial charge < -0.3 is 4.55 Å². The van der Waals surface area contributed by atoms with E-state index in [2.05, 4.69) is 0 Å². The molecule has 2 atom stereocenters. The van der Waals surface area contributed by atoms with Crippen molar-refractivity contribution in [1.82, 2.24) is 0 Å². The van der Waals surface area contributed by atoms with Gasteiger partial charge in [-0.3, -0.25) is 4.21 Å². The maximum atomic E-state index is 11.8. The van der Waals surface area contributed by atoms with Gasteiger partial charge in [0.2, 0.25) is 3.91 Å². The molecule has 6 nitrogen and oxygen atoms in total. The highest BCUT2D eigenvalue weighted by Crippen LogP contribution is 2.30. The summed E-state index contributed by atoms with van der Waals surface area (Å²) >= 11 is -3.93. The molecule has 0 aromatic rings. The molecule has 0 aliphatic rings.